The van der Waals surface area contributed by atoms with Gasteiger partial charge in [0.15, 0.2) is 0 Å². The van der Waals surface area contributed by atoms with Crippen molar-refractivity contribution < 1.29 is 32.3 Å². The molecule has 2 N–H and O–H groups in total. The molecule has 3 heterocycles. The number of allylic oxidation sites excluding steroid dienone is 1. The third-order valence-electron chi connectivity index (χ3n) is 11.3. The van der Waals surface area contributed by atoms with Gasteiger partial charge < -0.3 is 19.7 Å². The number of sulfonamides is 1. The maximum absolute atomic E-state index is 14.3. The van der Waals surface area contributed by atoms with Crippen molar-refractivity contribution in [3.8, 4) is 22.9 Å². The average Bonchev–Trinajstić information content (AvgIpc) is 4.06. The average molecular weight is 744 g/mol. The topological polar surface area (TPSA) is 157 Å². The summed E-state index contributed by atoms with van der Waals surface area (Å²) in [6.07, 6.45) is 7.57. The summed E-state index contributed by atoms with van der Waals surface area (Å²) in [5, 5.41) is 3.14. The van der Waals surface area contributed by atoms with E-state index in [9.17, 15) is 22.8 Å². The molecule has 1 aromatic carbocycles. The van der Waals surface area contributed by atoms with Gasteiger partial charge in [0.2, 0.25) is 21.8 Å². The van der Waals surface area contributed by atoms with Crippen molar-refractivity contribution in [2.75, 3.05) is 20.7 Å². The highest BCUT2D eigenvalue weighted by Gasteiger charge is 2.62. The fourth-order valence-electron chi connectivity index (χ4n) is 7.82. The van der Waals surface area contributed by atoms with Crippen molar-refractivity contribution in [1.29, 1.82) is 0 Å². The van der Waals surface area contributed by atoms with Gasteiger partial charge in [0, 0.05) is 42.2 Å². The summed E-state index contributed by atoms with van der Waals surface area (Å²) in [4.78, 5) is 53.6. The normalized spacial score (nSPS) is 27.0. The lowest BCUT2D eigenvalue weighted by Crippen LogP contribution is -2.54. The van der Waals surface area contributed by atoms with Crippen LogP contribution in [-0.2, 0) is 24.4 Å². The summed E-state index contributed by atoms with van der Waals surface area (Å²) < 4.78 is 40.3. The molecule has 12 nitrogen and oxygen atoms in total. The molecule has 0 radical (unpaired) electrons. The number of amides is 3. The Morgan fingerprint density at radius 1 is 1.04 bits per heavy atom. The van der Waals surface area contributed by atoms with E-state index in [1.807, 2.05) is 55.5 Å². The quantitative estimate of drug-likeness (QED) is 0.297. The Hall–Kier alpha value is -4.52. The Labute approximate surface area is 311 Å². The summed E-state index contributed by atoms with van der Waals surface area (Å²) >= 11 is 0. The van der Waals surface area contributed by atoms with Gasteiger partial charge >= 0.3 is 0 Å². The maximum Gasteiger partial charge on any atom is 0.259 e. The van der Waals surface area contributed by atoms with E-state index >= 15 is 0 Å². The lowest BCUT2D eigenvalue weighted by molar-refractivity contribution is -0.140. The molecule has 13 heteroatoms. The van der Waals surface area contributed by atoms with Gasteiger partial charge in [-0.2, -0.15) is 0 Å². The number of ether oxygens (including phenoxy) is 2. The van der Waals surface area contributed by atoms with Crippen LogP contribution in [0.4, 0.5) is 0 Å². The lowest BCUT2D eigenvalue weighted by atomic mass is 9.93. The molecule has 3 saturated carbocycles. The highest BCUT2D eigenvalue weighted by atomic mass is 32.2. The van der Waals surface area contributed by atoms with Gasteiger partial charge in [-0.3, -0.25) is 24.1 Å². The highest BCUT2D eigenvalue weighted by Crippen LogP contribution is 2.47. The van der Waals surface area contributed by atoms with Crippen molar-refractivity contribution in [2.24, 2.45) is 17.8 Å². The van der Waals surface area contributed by atoms with E-state index in [0.29, 0.717) is 47.8 Å². The number of pyridine rings is 2. The monoisotopic (exact) mass is 743 g/mol. The Balaban J connectivity index is 1.22. The van der Waals surface area contributed by atoms with Crippen LogP contribution in [0.1, 0.15) is 82.4 Å². The SMILES string of the molecule is COc1ccc2c(O[C@@H]3C[C@H]4C(=O)NC5(C(=O)NS(=O)(=O)C6CC6)C[C@H]5/C=C\CCCCN(C)C(=O)[C@@H]4C3)cc(-c3cccc(C(C)C)n3)nc2c1C. The first kappa shape index (κ1) is 36.8. The van der Waals surface area contributed by atoms with Gasteiger partial charge in [-0.15, -0.1) is 0 Å². The minimum atomic E-state index is -3.83. The molecule has 3 fully saturated rings. The molecule has 2 aromatic heterocycles. The molecule has 53 heavy (non-hydrogen) atoms. The van der Waals surface area contributed by atoms with Crippen molar-refractivity contribution in [1.82, 2.24) is 24.9 Å². The first-order valence-electron chi connectivity index (χ1n) is 18.7. The predicted octanol–water partition coefficient (Wildman–Crippen LogP) is 5.19. The number of carbonyl (C=O) groups excluding carboxylic acids is 3. The second kappa shape index (κ2) is 14.4. The molecule has 4 aliphatic rings. The van der Waals surface area contributed by atoms with Crippen molar-refractivity contribution in [3.63, 3.8) is 0 Å². The fourth-order valence-corrected chi connectivity index (χ4v) is 9.18. The number of nitrogens with one attached hydrogen (secondary N) is 2. The van der Waals surface area contributed by atoms with Crippen LogP contribution >= 0.6 is 0 Å². The van der Waals surface area contributed by atoms with E-state index < -0.39 is 50.6 Å². The van der Waals surface area contributed by atoms with E-state index in [1.54, 1.807) is 19.1 Å². The maximum atomic E-state index is 14.3. The molecule has 0 saturated heterocycles. The number of methoxy groups -OCH3 is 1. The van der Waals surface area contributed by atoms with E-state index in [4.69, 9.17) is 19.4 Å². The lowest BCUT2D eigenvalue weighted by Gasteiger charge is -2.26. The van der Waals surface area contributed by atoms with Crippen LogP contribution in [0.3, 0.4) is 0 Å². The second-order valence-electron chi connectivity index (χ2n) is 15.5. The highest BCUT2D eigenvalue weighted by molar-refractivity contribution is 7.91. The van der Waals surface area contributed by atoms with Crippen LogP contribution in [0.2, 0.25) is 0 Å². The van der Waals surface area contributed by atoms with E-state index in [2.05, 4.69) is 23.9 Å². The number of benzene rings is 1. The Kier molecular flexibility index (Phi) is 9.99. The standard InChI is InChI=1S/C40H49N5O7S/c1-23(2)31-12-10-13-32(41-31)33-21-35(28-16-17-34(51-5)24(3)36(28)42-33)52-26-19-29-30(20-26)38(47)45(4)18-9-7-6-8-11-25-22-40(25,43-37(29)46)39(48)44-53(49,50)27-14-15-27/h8,10-13,16-17,21,23,25-27,29-30H,6-7,9,14-15,18-20,22H2,1-5H3,(H,43,46)(H,44,48)/b11-8-/t25-,26-,29-,30-,40?/m1/s1. The molecule has 0 spiro atoms. The number of aromatic nitrogens is 2. The summed E-state index contributed by atoms with van der Waals surface area (Å²) in [5.41, 5.74) is 2.39. The number of carbonyl (C=O) groups is 3. The summed E-state index contributed by atoms with van der Waals surface area (Å²) in [7, 11) is -0.453. The van der Waals surface area contributed by atoms with Gasteiger partial charge in [0.1, 0.15) is 23.1 Å². The van der Waals surface area contributed by atoms with E-state index in [0.717, 1.165) is 35.9 Å². The molecule has 7 rings (SSSR count). The third kappa shape index (κ3) is 7.36. The van der Waals surface area contributed by atoms with Crippen molar-refractivity contribution >= 4 is 38.6 Å². The molecule has 3 aliphatic carbocycles. The largest absolute Gasteiger partial charge is 0.496 e. The van der Waals surface area contributed by atoms with Crippen molar-refractivity contribution in [3.05, 3.63) is 59.8 Å². The number of nitrogens with zero attached hydrogens (tertiary/aromatic N) is 3. The van der Waals surface area contributed by atoms with Gasteiger partial charge in [-0.25, -0.2) is 13.4 Å². The van der Waals surface area contributed by atoms with Gasteiger partial charge in [0.05, 0.1) is 41.1 Å². The summed E-state index contributed by atoms with van der Waals surface area (Å²) in [6.45, 7) is 6.67. The molecule has 5 atom stereocenters. The number of fused-ring (bicyclic) bond motifs is 3. The zero-order valence-electron chi connectivity index (χ0n) is 31.1. The molecule has 1 unspecified atom stereocenters. The molecular formula is C40H49N5O7S. The zero-order valence-corrected chi connectivity index (χ0v) is 31.9. The Morgan fingerprint density at radius 2 is 1.81 bits per heavy atom. The fraction of sp³-hybridized carbons (Fsp3) is 0.525. The minimum absolute atomic E-state index is 0.151. The van der Waals surface area contributed by atoms with Crippen LogP contribution in [-0.4, -0.2) is 78.6 Å². The van der Waals surface area contributed by atoms with E-state index in [1.165, 1.54) is 0 Å². The Morgan fingerprint density at radius 3 is 2.55 bits per heavy atom. The predicted molar refractivity (Wildman–Crippen MR) is 201 cm³/mol. The summed E-state index contributed by atoms with van der Waals surface area (Å²) in [6, 6.07) is 11.5. The van der Waals surface area contributed by atoms with Crippen LogP contribution in [0, 0.1) is 24.7 Å². The van der Waals surface area contributed by atoms with Gasteiger partial charge in [-0.05, 0) is 88.5 Å². The van der Waals surface area contributed by atoms with E-state index in [-0.39, 0.29) is 37.0 Å². The first-order chi connectivity index (χ1) is 25.3. The van der Waals surface area contributed by atoms with Gasteiger partial charge in [0.25, 0.3) is 5.91 Å². The second-order valence-corrected chi connectivity index (χ2v) is 17.4. The van der Waals surface area contributed by atoms with Crippen LogP contribution < -0.4 is 19.5 Å². The number of rotatable bonds is 8. The minimum Gasteiger partial charge on any atom is -0.496 e. The molecule has 282 valence electrons. The van der Waals surface area contributed by atoms with Crippen LogP contribution in [0.25, 0.3) is 22.3 Å². The van der Waals surface area contributed by atoms with Gasteiger partial charge in [-0.1, -0.05) is 32.1 Å². The zero-order chi connectivity index (χ0) is 37.7. The first-order valence-corrected chi connectivity index (χ1v) is 20.3. The van der Waals surface area contributed by atoms with Crippen molar-refractivity contribution in [2.45, 2.75) is 94.9 Å². The molecule has 1 aliphatic heterocycles. The smallest absolute Gasteiger partial charge is 0.259 e. The molecule has 3 amide bonds. The van der Waals surface area contributed by atoms with Crippen LogP contribution in [0.15, 0.2) is 48.6 Å². The third-order valence-corrected chi connectivity index (χ3v) is 13.1. The summed E-state index contributed by atoms with van der Waals surface area (Å²) in [5.74, 6) is -1.72. The molecule has 3 aromatic rings. The molecular weight excluding hydrogens is 695 g/mol. The Bertz CT molecular complexity index is 2080. The number of hydrogen-bond donors (Lipinski definition) is 2. The molecule has 0 bridgehead atoms. The number of aryl methyl sites for hydroxylation is 1. The number of hydrogen-bond acceptors (Lipinski definition) is 9. The van der Waals surface area contributed by atoms with Crippen LogP contribution in [0.5, 0.6) is 11.5 Å².